The van der Waals surface area contributed by atoms with Gasteiger partial charge in [0.2, 0.25) is 0 Å². The molecule has 0 spiro atoms. The van der Waals surface area contributed by atoms with Crippen molar-refractivity contribution in [1.29, 1.82) is 0 Å². The van der Waals surface area contributed by atoms with E-state index >= 15 is 0 Å². The van der Waals surface area contributed by atoms with Gasteiger partial charge in [-0.2, -0.15) is 0 Å². The van der Waals surface area contributed by atoms with Crippen molar-refractivity contribution in [3.63, 3.8) is 0 Å². The third kappa shape index (κ3) is 4.06. The van der Waals surface area contributed by atoms with E-state index in [9.17, 15) is 10.2 Å². The van der Waals surface area contributed by atoms with Gasteiger partial charge in [-0.1, -0.05) is 19.8 Å². The van der Waals surface area contributed by atoms with E-state index in [1.807, 2.05) is 20.8 Å². The van der Waals surface area contributed by atoms with E-state index in [1.54, 1.807) is 0 Å². The topological polar surface area (TPSA) is 40.5 Å². The summed E-state index contributed by atoms with van der Waals surface area (Å²) in [5, 5.41) is 20.2. The fraction of sp³-hybridized carbons (Fsp3) is 1.00. The summed E-state index contributed by atoms with van der Waals surface area (Å²) >= 11 is 0. The molecule has 3 unspecified atom stereocenters. The van der Waals surface area contributed by atoms with Crippen LogP contribution in [0.15, 0.2) is 0 Å². The Labute approximate surface area is 100 Å². The molecule has 2 N–H and O–H groups in total. The summed E-state index contributed by atoms with van der Waals surface area (Å²) in [6, 6.07) is 0. The van der Waals surface area contributed by atoms with Crippen molar-refractivity contribution in [2.24, 2.45) is 11.8 Å². The predicted octanol–water partition coefficient (Wildman–Crippen LogP) is 3.11. The van der Waals surface area contributed by atoms with Crippen LogP contribution < -0.4 is 0 Å². The van der Waals surface area contributed by atoms with E-state index in [2.05, 4.69) is 6.92 Å². The number of aliphatic hydroxyl groups is 2. The maximum absolute atomic E-state index is 10.5. The quantitative estimate of drug-likeness (QED) is 0.759. The fourth-order valence-corrected chi connectivity index (χ4v) is 3.13. The molecule has 3 atom stereocenters. The summed E-state index contributed by atoms with van der Waals surface area (Å²) in [5.74, 6) is 1.10. The highest BCUT2D eigenvalue weighted by atomic mass is 16.3. The molecule has 0 bridgehead atoms. The summed E-state index contributed by atoms with van der Waals surface area (Å²) in [5.41, 5.74) is -1.14. The largest absolute Gasteiger partial charge is 0.390 e. The Balaban J connectivity index is 2.39. The first kappa shape index (κ1) is 14.0. The maximum Gasteiger partial charge on any atom is 0.0650 e. The summed E-state index contributed by atoms with van der Waals surface area (Å²) in [6.45, 7) is 7.89. The molecule has 2 nitrogen and oxygen atoms in total. The fourth-order valence-electron chi connectivity index (χ4n) is 3.13. The van der Waals surface area contributed by atoms with Crippen molar-refractivity contribution in [3.8, 4) is 0 Å². The molecule has 2 heteroatoms. The van der Waals surface area contributed by atoms with Crippen LogP contribution in [-0.4, -0.2) is 21.4 Å². The second-order valence-corrected chi connectivity index (χ2v) is 6.54. The summed E-state index contributed by atoms with van der Waals surface area (Å²) in [4.78, 5) is 0. The minimum Gasteiger partial charge on any atom is -0.390 e. The van der Waals surface area contributed by atoms with Gasteiger partial charge in [0.05, 0.1) is 11.2 Å². The molecule has 16 heavy (non-hydrogen) atoms. The molecule has 1 aliphatic carbocycles. The van der Waals surface area contributed by atoms with Crippen molar-refractivity contribution in [2.45, 2.75) is 77.4 Å². The van der Waals surface area contributed by atoms with Crippen LogP contribution in [0.5, 0.6) is 0 Å². The molecule has 96 valence electrons. The van der Waals surface area contributed by atoms with Gasteiger partial charge in [0.1, 0.15) is 0 Å². The second kappa shape index (κ2) is 5.05. The minimum absolute atomic E-state index is 0.453. The summed E-state index contributed by atoms with van der Waals surface area (Å²) in [7, 11) is 0. The average molecular weight is 228 g/mol. The number of hydrogen-bond donors (Lipinski definition) is 2. The predicted molar refractivity (Wildman–Crippen MR) is 67.3 cm³/mol. The van der Waals surface area contributed by atoms with E-state index in [0.717, 1.165) is 25.7 Å². The number of rotatable bonds is 5. The molecule has 0 aromatic rings. The number of hydrogen-bond acceptors (Lipinski definition) is 2. The Morgan fingerprint density at radius 1 is 1.06 bits per heavy atom. The Kier molecular flexibility index (Phi) is 4.42. The van der Waals surface area contributed by atoms with Gasteiger partial charge in [-0.25, -0.2) is 0 Å². The lowest BCUT2D eigenvalue weighted by Gasteiger charge is -2.34. The molecule has 1 aliphatic rings. The highest BCUT2D eigenvalue weighted by Gasteiger charge is 2.38. The van der Waals surface area contributed by atoms with Crippen molar-refractivity contribution < 1.29 is 10.2 Å². The molecule has 1 saturated carbocycles. The van der Waals surface area contributed by atoms with Gasteiger partial charge in [0.15, 0.2) is 0 Å². The molecular formula is C14H28O2. The van der Waals surface area contributed by atoms with Gasteiger partial charge in [0.25, 0.3) is 0 Å². The first-order valence-corrected chi connectivity index (χ1v) is 6.67. The molecule has 0 aromatic heterocycles. The average Bonchev–Trinajstić information content (AvgIpc) is 2.48. The van der Waals surface area contributed by atoms with Gasteiger partial charge in [-0.15, -0.1) is 0 Å². The first-order valence-electron chi connectivity index (χ1n) is 6.67. The second-order valence-electron chi connectivity index (χ2n) is 6.54. The Morgan fingerprint density at radius 3 is 2.12 bits per heavy atom. The minimum atomic E-state index is -0.600. The smallest absolute Gasteiger partial charge is 0.0650 e. The van der Waals surface area contributed by atoms with Crippen LogP contribution in [0.1, 0.15) is 66.2 Å². The van der Waals surface area contributed by atoms with E-state index in [1.165, 1.54) is 12.8 Å². The van der Waals surface area contributed by atoms with Crippen LogP contribution in [0.4, 0.5) is 0 Å². The Bertz CT molecular complexity index is 215. The highest BCUT2D eigenvalue weighted by Crippen LogP contribution is 2.41. The standard InChI is InChI=1S/C14H28O2/c1-11-7-5-8-12(11)14(4,16)10-6-9-13(2,3)15/h11-12,15-16H,5-10H2,1-4H3. The molecule has 0 aromatic carbocycles. The lowest BCUT2D eigenvalue weighted by atomic mass is 9.78. The van der Waals surface area contributed by atoms with Gasteiger partial charge >= 0.3 is 0 Å². The van der Waals surface area contributed by atoms with Crippen LogP contribution in [0, 0.1) is 11.8 Å². The van der Waals surface area contributed by atoms with E-state index in [-0.39, 0.29) is 0 Å². The maximum atomic E-state index is 10.5. The molecular weight excluding hydrogens is 200 g/mol. The summed E-state index contributed by atoms with van der Waals surface area (Å²) < 4.78 is 0. The Morgan fingerprint density at radius 2 is 1.69 bits per heavy atom. The van der Waals surface area contributed by atoms with Crippen LogP contribution in [-0.2, 0) is 0 Å². The normalized spacial score (nSPS) is 30.4. The molecule has 0 heterocycles. The third-order valence-corrected chi connectivity index (χ3v) is 4.13. The highest BCUT2D eigenvalue weighted by molar-refractivity contribution is 4.89. The molecule has 0 saturated heterocycles. The van der Waals surface area contributed by atoms with Crippen LogP contribution >= 0.6 is 0 Å². The molecule has 1 fully saturated rings. The lowest BCUT2D eigenvalue weighted by molar-refractivity contribution is -0.0288. The molecule has 0 amide bonds. The van der Waals surface area contributed by atoms with Crippen LogP contribution in [0.25, 0.3) is 0 Å². The molecule has 0 radical (unpaired) electrons. The van der Waals surface area contributed by atoms with Crippen LogP contribution in [0.2, 0.25) is 0 Å². The van der Waals surface area contributed by atoms with Crippen molar-refractivity contribution in [1.82, 2.24) is 0 Å². The zero-order valence-electron chi connectivity index (χ0n) is 11.3. The zero-order chi connectivity index (χ0) is 12.4. The van der Waals surface area contributed by atoms with Crippen LogP contribution in [0.3, 0.4) is 0 Å². The van der Waals surface area contributed by atoms with Gasteiger partial charge in [-0.3, -0.25) is 0 Å². The third-order valence-electron chi connectivity index (χ3n) is 4.13. The van der Waals surface area contributed by atoms with Crippen molar-refractivity contribution in [2.75, 3.05) is 0 Å². The lowest BCUT2D eigenvalue weighted by Crippen LogP contribution is -2.36. The van der Waals surface area contributed by atoms with Crippen molar-refractivity contribution >= 4 is 0 Å². The molecule has 0 aliphatic heterocycles. The summed E-state index contributed by atoms with van der Waals surface area (Å²) in [6.07, 6.45) is 6.16. The Hall–Kier alpha value is -0.0800. The van der Waals surface area contributed by atoms with E-state index < -0.39 is 11.2 Å². The van der Waals surface area contributed by atoms with Gasteiger partial charge < -0.3 is 10.2 Å². The van der Waals surface area contributed by atoms with Gasteiger partial charge in [0, 0.05) is 0 Å². The molecule has 1 rings (SSSR count). The van der Waals surface area contributed by atoms with E-state index in [4.69, 9.17) is 0 Å². The first-order chi connectivity index (χ1) is 7.22. The van der Waals surface area contributed by atoms with E-state index in [0.29, 0.717) is 11.8 Å². The van der Waals surface area contributed by atoms with Crippen molar-refractivity contribution in [3.05, 3.63) is 0 Å². The van der Waals surface area contributed by atoms with Gasteiger partial charge in [-0.05, 0) is 58.3 Å². The SMILES string of the molecule is CC1CCCC1C(C)(O)CCCC(C)(C)O. The zero-order valence-corrected chi connectivity index (χ0v) is 11.3. The monoisotopic (exact) mass is 228 g/mol.